The molecule has 1 aliphatic heterocycles. The fourth-order valence-corrected chi connectivity index (χ4v) is 4.78. The Morgan fingerprint density at radius 1 is 0.939 bits per heavy atom. The van der Waals surface area contributed by atoms with Gasteiger partial charge in [-0.1, -0.05) is 42.5 Å². The van der Waals surface area contributed by atoms with Crippen LogP contribution in [0.2, 0.25) is 0 Å². The van der Waals surface area contributed by atoms with Crippen molar-refractivity contribution in [3.8, 4) is 11.5 Å². The summed E-state index contributed by atoms with van der Waals surface area (Å²) in [6, 6.07) is 20.9. The van der Waals surface area contributed by atoms with Crippen molar-refractivity contribution in [1.29, 1.82) is 0 Å². The molecule has 172 valence electrons. The van der Waals surface area contributed by atoms with E-state index in [4.69, 9.17) is 9.47 Å². The molecule has 1 aliphatic rings. The Morgan fingerprint density at radius 3 is 2.36 bits per heavy atom. The highest BCUT2D eigenvalue weighted by atomic mass is 32.2. The van der Waals surface area contributed by atoms with Crippen molar-refractivity contribution in [2.75, 3.05) is 18.5 Å². The van der Waals surface area contributed by atoms with E-state index in [2.05, 4.69) is 10.0 Å². The summed E-state index contributed by atoms with van der Waals surface area (Å²) in [4.78, 5) is 12.5. The molecular formula is C25H26N2O5S. The number of fused-ring (bicyclic) bond motifs is 1. The van der Waals surface area contributed by atoms with Crippen LogP contribution in [0.3, 0.4) is 0 Å². The van der Waals surface area contributed by atoms with Crippen molar-refractivity contribution in [2.45, 2.75) is 30.7 Å². The highest BCUT2D eigenvalue weighted by Crippen LogP contribution is 2.32. The minimum atomic E-state index is -3.66. The Labute approximate surface area is 193 Å². The second-order valence-electron chi connectivity index (χ2n) is 7.80. The van der Waals surface area contributed by atoms with Crippen molar-refractivity contribution in [2.24, 2.45) is 0 Å². The molecule has 0 fully saturated rings. The molecular weight excluding hydrogens is 440 g/mol. The Hall–Kier alpha value is -3.36. The maximum absolute atomic E-state index is 12.7. The number of anilines is 1. The van der Waals surface area contributed by atoms with E-state index in [1.165, 1.54) is 0 Å². The van der Waals surface area contributed by atoms with Crippen LogP contribution in [0.1, 0.15) is 30.5 Å². The Bertz CT molecular complexity index is 1210. The molecule has 0 saturated heterocycles. The van der Waals surface area contributed by atoms with Crippen LogP contribution in [-0.4, -0.2) is 27.5 Å². The third-order valence-corrected chi connectivity index (χ3v) is 6.89. The number of ether oxygens (including phenoxy) is 2. The second-order valence-corrected chi connectivity index (χ2v) is 9.52. The molecule has 0 aliphatic carbocycles. The van der Waals surface area contributed by atoms with E-state index in [9.17, 15) is 13.2 Å². The van der Waals surface area contributed by atoms with Gasteiger partial charge in [0.15, 0.2) is 11.5 Å². The van der Waals surface area contributed by atoms with Crippen molar-refractivity contribution in [3.05, 3.63) is 83.9 Å². The van der Waals surface area contributed by atoms with E-state index in [1.54, 1.807) is 42.5 Å². The molecule has 7 nitrogen and oxygen atoms in total. The molecule has 3 aromatic rings. The molecule has 4 rings (SSSR count). The molecule has 1 unspecified atom stereocenters. The average Bonchev–Trinajstić information content (AvgIpc) is 2.83. The summed E-state index contributed by atoms with van der Waals surface area (Å²) in [5.41, 5.74) is 2.41. The van der Waals surface area contributed by atoms with Gasteiger partial charge >= 0.3 is 0 Å². The van der Waals surface area contributed by atoms with Crippen LogP contribution in [0.4, 0.5) is 5.69 Å². The first-order chi connectivity index (χ1) is 15.9. The second kappa shape index (κ2) is 10.1. The summed E-state index contributed by atoms with van der Waals surface area (Å²) < 4.78 is 39.1. The van der Waals surface area contributed by atoms with E-state index < -0.39 is 10.0 Å². The third-order valence-electron chi connectivity index (χ3n) is 5.33. The molecule has 0 aromatic heterocycles. The minimum absolute atomic E-state index is 0.137. The van der Waals surface area contributed by atoms with Gasteiger partial charge in [-0.3, -0.25) is 4.79 Å². The van der Waals surface area contributed by atoms with Crippen LogP contribution in [0.15, 0.2) is 77.7 Å². The zero-order valence-corrected chi connectivity index (χ0v) is 19.1. The normalized spacial score (nSPS) is 13.8. The van der Waals surface area contributed by atoms with Gasteiger partial charge in [-0.25, -0.2) is 13.1 Å². The molecule has 8 heteroatoms. The molecule has 0 bridgehead atoms. The summed E-state index contributed by atoms with van der Waals surface area (Å²) >= 11 is 0. The number of hydrogen-bond donors (Lipinski definition) is 2. The lowest BCUT2D eigenvalue weighted by molar-refractivity contribution is -0.116. The maximum atomic E-state index is 12.7. The van der Waals surface area contributed by atoms with Crippen molar-refractivity contribution >= 4 is 21.6 Å². The van der Waals surface area contributed by atoms with Crippen LogP contribution in [0.25, 0.3) is 0 Å². The topological polar surface area (TPSA) is 93.7 Å². The van der Waals surface area contributed by atoms with Crippen LogP contribution in [0, 0.1) is 0 Å². The summed E-state index contributed by atoms with van der Waals surface area (Å²) in [5, 5.41) is 2.85. The van der Waals surface area contributed by atoms with Gasteiger partial charge in [0.25, 0.3) is 0 Å². The fourth-order valence-electron chi connectivity index (χ4n) is 3.55. The highest BCUT2D eigenvalue weighted by Gasteiger charge is 2.18. The zero-order chi connectivity index (χ0) is 23.3. The van der Waals surface area contributed by atoms with Gasteiger partial charge < -0.3 is 14.8 Å². The lowest BCUT2D eigenvalue weighted by Crippen LogP contribution is -2.26. The Balaban J connectivity index is 1.31. The van der Waals surface area contributed by atoms with Crippen molar-refractivity contribution in [3.63, 3.8) is 0 Å². The minimum Gasteiger partial charge on any atom is -0.486 e. The SMILES string of the molecule is CC(NS(=O)(=O)c1ccc(CCC(=O)Nc2ccc3c(c2)OCCO3)cc1)c1ccccc1. The molecule has 2 N–H and O–H groups in total. The fraction of sp³-hybridized carbons (Fsp3) is 0.240. The molecule has 0 radical (unpaired) electrons. The van der Waals surface area contributed by atoms with Crippen LogP contribution >= 0.6 is 0 Å². The largest absolute Gasteiger partial charge is 0.486 e. The first kappa shape index (κ1) is 22.8. The van der Waals surface area contributed by atoms with Gasteiger partial charge in [-0.05, 0) is 48.7 Å². The standard InChI is InChI=1S/C25H26N2O5S/c1-18(20-5-3-2-4-6-20)27-33(29,30)22-11-7-19(8-12-22)9-14-25(28)26-21-10-13-23-24(17-21)32-16-15-31-23/h2-8,10-13,17-18,27H,9,14-16H2,1H3,(H,26,28). The molecule has 1 heterocycles. The van der Waals surface area contributed by atoms with Crippen LogP contribution < -0.4 is 19.5 Å². The number of sulfonamides is 1. The number of nitrogens with one attached hydrogen (secondary N) is 2. The summed E-state index contributed by atoms with van der Waals surface area (Å²) in [6.07, 6.45) is 0.758. The molecule has 1 amide bonds. The lowest BCUT2D eigenvalue weighted by Gasteiger charge is -2.19. The van der Waals surface area contributed by atoms with Gasteiger partial charge in [0.1, 0.15) is 13.2 Å². The summed E-state index contributed by atoms with van der Waals surface area (Å²) in [5.74, 6) is 1.15. The number of carbonyl (C=O) groups is 1. The van der Waals surface area contributed by atoms with Gasteiger partial charge in [0.05, 0.1) is 4.90 Å². The van der Waals surface area contributed by atoms with Gasteiger partial charge in [-0.2, -0.15) is 0 Å². The van der Waals surface area contributed by atoms with Crippen molar-refractivity contribution < 1.29 is 22.7 Å². The number of carbonyl (C=O) groups excluding carboxylic acids is 1. The van der Waals surface area contributed by atoms with Gasteiger partial charge in [-0.15, -0.1) is 0 Å². The van der Waals surface area contributed by atoms with E-state index >= 15 is 0 Å². The first-order valence-electron chi connectivity index (χ1n) is 10.8. The van der Waals surface area contributed by atoms with E-state index in [1.807, 2.05) is 37.3 Å². The van der Waals surface area contributed by atoms with E-state index in [0.29, 0.717) is 36.8 Å². The quantitative estimate of drug-likeness (QED) is 0.522. The zero-order valence-electron chi connectivity index (χ0n) is 18.3. The predicted molar refractivity (Wildman–Crippen MR) is 126 cm³/mol. The average molecular weight is 467 g/mol. The number of benzene rings is 3. The molecule has 3 aromatic carbocycles. The summed E-state index contributed by atoms with van der Waals surface area (Å²) in [7, 11) is -3.66. The predicted octanol–water partition coefficient (Wildman–Crippen LogP) is 4.07. The van der Waals surface area contributed by atoms with E-state index in [0.717, 1.165) is 11.1 Å². The number of amides is 1. The van der Waals surface area contributed by atoms with E-state index in [-0.39, 0.29) is 23.3 Å². The molecule has 0 saturated carbocycles. The van der Waals surface area contributed by atoms with Crippen LogP contribution in [-0.2, 0) is 21.2 Å². The van der Waals surface area contributed by atoms with Gasteiger partial charge in [0, 0.05) is 24.2 Å². The third kappa shape index (κ3) is 5.91. The molecule has 0 spiro atoms. The van der Waals surface area contributed by atoms with Crippen molar-refractivity contribution in [1.82, 2.24) is 4.72 Å². The van der Waals surface area contributed by atoms with Crippen LogP contribution in [0.5, 0.6) is 11.5 Å². The molecule has 1 atom stereocenters. The lowest BCUT2D eigenvalue weighted by atomic mass is 10.1. The number of rotatable bonds is 8. The number of hydrogen-bond acceptors (Lipinski definition) is 5. The smallest absolute Gasteiger partial charge is 0.241 e. The Kier molecular flexibility index (Phi) is 6.96. The molecule has 33 heavy (non-hydrogen) atoms. The maximum Gasteiger partial charge on any atom is 0.241 e. The van der Waals surface area contributed by atoms with Gasteiger partial charge in [0.2, 0.25) is 15.9 Å². The highest BCUT2D eigenvalue weighted by molar-refractivity contribution is 7.89. The number of aryl methyl sites for hydroxylation is 1. The Morgan fingerprint density at radius 2 is 1.64 bits per heavy atom. The summed E-state index contributed by atoms with van der Waals surface area (Å²) in [6.45, 7) is 2.80. The first-order valence-corrected chi connectivity index (χ1v) is 12.2. The monoisotopic (exact) mass is 466 g/mol.